The summed E-state index contributed by atoms with van der Waals surface area (Å²) < 4.78 is 10.3. The zero-order chi connectivity index (χ0) is 16.2. The van der Waals surface area contributed by atoms with Crippen molar-refractivity contribution >= 4 is 11.6 Å². The van der Waals surface area contributed by atoms with Crippen molar-refractivity contribution in [3.63, 3.8) is 0 Å². The maximum Gasteiger partial charge on any atom is 0.296 e. The summed E-state index contributed by atoms with van der Waals surface area (Å²) >= 11 is 0. The second-order valence-electron chi connectivity index (χ2n) is 4.69. The first-order valence-corrected chi connectivity index (χ1v) is 6.86. The molecule has 1 amide bonds. The summed E-state index contributed by atoms with van der Waals surface area (Å²) in [6.07, 6.45) is 3.24. The molecule has 0 spiro atoms. The van der Waals surface area contributed by atoms with E-state index in [9.17, 15) is 4.79 Å². The lowest BCUT2D eigenvalue weighted by Crippen LogP contribution is -2.26. The number of anilines is 1. The Morgan fingerprint density at radius 3 is 2.70 bits per heavy atom. The van der Waals surface area contributed by atoms with Gasteiger partial charge in [-0.15, -0.1) is 0 Å². The topological polar surface area (TPSA) is 81.4 Å². The lowest BCUT2D eigenvalue weighted by molar-refractivity contribution is 0.0957. The third-order valence-electron chi connectivity index (χ3n) is 3.26. The molecule has 23 heavy (non-hydrogen) atoms. The molecule has 3 rings (SSSR count). The summed E-state index contributed by atoms with van der Waals surface area (Å²) in [6.45, 7) is 0. The molecule has 0 fully saturated rings. The minimum absolute atomic E-state index is 0.110. The number of hydrogen-bond acceptors (Lipinski definition) is 6. The quantitative estimate of drug-likeness (QED) is 0.736. The summed E-state index contributed by atoms with van der Waals surface area (Å²) in [7, 11) is 3.11. The van der Waals surface area contributed by atoms with Crippen LogP contribution in [0.1, 0.15) is 10.6 Å². The number of aromatic nitrogens is 3. The number of hydrogen-bond donors (Lipinski definition) is 0. The van der Waals surface area contributed by atoms with E-state index >= 15 is 0 Å². The number of rotatable bonds is 4. The molecule has 0 unspecified atom stereocenters. The second-order valence-corrected chi connectivity index (χ2v) is 4.69. The van der Waals surface area contributed by atoms with Crippen molar-refractivity contribution in [3.8, 4) is 17.3 Å². The number of pyridine rings is 2. The van der Waals surface area contributed by atoms with E-state index in [0.717, 1.165) is 0 Å². The van der Waals surface area contributed by atoms with Crippen LogP contribution in [0.5, 0.6) is 5.88 Å². The lowest BCUT2D eigenvalue weighted by Gasteiger charge is -2.17. The van der Waals surface area contributed by atoms with E-state index in [-0.39, 0.29) is 11.7 Å². The van der Waals surface area contributed by atoms with Crippen molar-refractivity contribution < 1.29 is 14.1 Å². The van der Waals surface area contributed by atoms with Crippen LogP contribution in [-0.4, -0.2) is 35.2 Å². The molecule has 0 atom stereocenters. The molecule has 3 aromatic rings. The van der Waals surface area contributed by atoms with Crippen LogP contribution in [-0.2, 0) is 0 Å². The highest BCUT2D eigenvalue weighted by molar-refractivity contribution is 6.04. The van der Waals surface area contributed by atoms with E-state index in [0.29, 0.717) is 23.0 Å². The van der Waals surface area contributed by atoms with Gasteiger partial charge < -0.3 is 14.2 Å². The molecule has 0 aliphatic heterocycles. The molecular formula is C16H14N4O3. The van der Waals surface area contributed by atoms with Crippen molar-refractivity contribution in [2.75, 3.05) is 19.1 Å². The average molecular weight is 310 g/mol. The fourth-order valence-electron chi connectivity index (χ4n) is 2.08. The summed E-state index contributed by atoms with van der Waals surface area (Å²) in [6, 6.07) is 10.5. The Morgan fingerprint density at radius 2 is 1.96 bits per heavy atom. The molecule has 0 bridgehead atoms. The van der Waals surface area contributed by atoms with E-state index in [1.807, 2.05) is 6.07 Å². The van der Waals surface area contributed by atoms with Crippen LogP contribution in [0.2, 0.25) is 0 Å². The second kappa shape index (κ2) is 6.27. The number of amides is 1. The molecule has 7 nitrogen and oxygen atoms in total. The predicted molar refractivity (Wildman–Crippen MR) is 83.3 cm³/mol. The molecule has 0 aliphatic carbocycles. The van der Waals surface area contributed by atoms with Gasteiger partial charge in [0.05, 0.1) is 12.8 Å². The first-order chi connectivity index (χ1) is 11.2. The van der Waals surface area contributed by atoms with Crippen molar-refractivity contribution in [2.45, 2.75) is 0 Å². The summed E-state index contributed by atoms with van der Waals surface area (Å²) in [5, 5.41) is 3.89. The largest absolute Gasteiger partial charge is 0.480 e. The van der Waals surface area contributed by atoms with Crippen molar-refractivity contribution in [2.24, 2.45) is 0 Å². The van der Waals surface area contributed by atoms with Crippen LogP contribution >= 0.6 is 0 Å². The lowest BCUT2D eigenvalue weighted by atomic mass is 10.2. The molecule has 0 saturated carbocycles. The SMILES string of the molecule is COc1ncccc1N(C)C(=O)c1cc(-c2ccccn2)no1. The van der Waals surface area contributed by atoms with E-state index in [2.05, 4.69) is 15.1 Å². The van der Waals surface area contributed by atoms with Crippen LogP contribution < -0.4 is 9.64 Å². The molecule has 3 aromatic heterocycles. The number of ether oxygens (including phenoxy) is 1. The first-order valence-electron chi connectivity index (χ1n) is 6.86. The van der Waals surface area contributed by atoms with Crippen LogP contribution in [0.3, 0.4) is 0 Å². The van der Waals surface area contributed by atoms with Gasteiger partial charge >= 0.3 is 0 Å². The van der Waals surface area contributed by atoms with E-state index in [4.69, 9.17) is 9.26 Å². The van der Waals surface area contributed by atoms with Gasteiger partial charge in [0, 0.05) is 25.5 Å². The zero-order valence-electron chi connectivity index (χ0n) is 12.6. The number of carbonyl (C=O) groups is 1. The third kappa shape index (κ3) is 2.89. The Morgan fingerprint density at radius 1 is 1.13 bits per heavy atom. The highest BCUT2D eigenvalue weighted by atomic mass is 16.5. The number of methoxy groups -OCH3 is 1. The smallest absolute Gasteiger partial charge is 0.296 e. The summed E-state index contributed by atoms with van der Waals surface area (Å²) in [5.74, 6) is 0.109. The molecule has 0 aliphatic rings. The normalized spacial score (nSPS) is 10.3. The van der Waals surface area contributed by atoms with Gasteiger partial charge in [-0.25, -0.2) is 4.98 Å². The fourth-order valence-corrected chi connectivity index (χ4v) is 2.08. The van der Waals surface area contributed by atoms with Gasteiger partial charge in [-0.2, -0.15) is 0 Å². The average Bonchev–Trinajstić information content (AvgIpc) is 3.11. The van der Waals surface area contributed by atoms with Gasteiger partial charge in [0.15, 0.2) is 0 Å². The maximum atomic E-state index is 12.5. The molecule has 116 valence electrons. The molecule has 0 aromatic carbocycles. The van der Waals surface area contributed by atoms with Crippen molar-refractivity contribution in [3.05, 3.63) is 54.6 Å². The zero-order valence-corrected chi connectivity index (χ0v) is 12.6. The van der Waals surface area contributed by atoms with E-state index < -0.39 is 0 Å². The van der Waals surface area contributed by atoms with Crippen LogP contribution in [0, 0.1) is 0 Å². The first kappa shape index (κ1) is 14.7. The third-order valence-corrected chi connectivity index (χ3v) is 3.26. The number of carbonyl (C=O) groups excluding carboxylic acids is 1. The van der Waals surface area contributed by atoms with Gasteiger partial charge in [0.25, 0.3) is 5.91 Å². The summed E-state index contributed by atoms with van der Waals surface area (Å²) in [4.78, 5) is 22.2. The van der Waals surface area contributed by atoms with Crippen molar-refractivity contribution in [1.82, 2.24) is 15.1 Å². The van der Waals surface area contributed by atoms with Crippen molar-refractivity contribution in [1.29, 1.82) is 0 Å². The van der Waals surface area contributed by atoms with Gasteiger partial charge in [-0.3, -0.25) is 9.78 Å². The van der Waals surface area contributed by atoms with E-state index in [1.54, 1.807) is 49.8 Å². The Bertz CT molecular complexity index is 817. The minimum Gasteiger partial charge on any atom is -0.480 e. The van der Waals surface area contributed by atoms with Gasteiger partial charge in [-0.05, 0) is 24.3 Å². The highest BCUT2D eigenvalue weighted by Crippen LogP contribution is 2.26. The monoisotopic (exact) mass is 310 g/mol. The maximum absolute atomic E-state index is 12.5. The molecule has 0 saturated heterocycles. The van der Waals surface area contributed by atoms with Crippen LogP contribution in [0.25, 0.3) is 11.4 Å². The summed E-state index contributed by atoms with van der Waals surface area (Å²) in [5.41, 5.74) is 1.67. The molecular weight excluding hydrogens is 296 g/mol. The standard InChI is InChI=1S/C16H14N4O3/c1-20(13-7-5-9-18-15(13)22-2)16(21)14-10-12(19-23-14)11-6-3-4-8-17-11/h3-10H,1-2H3. The minimum atomic E-state index is -0.356. The number of nitrogens with zero attached hydrogens (tertiary/aromatic N) is 4. The Kier molecular flexibility index (Phi) is 4.01. The van der Waals surface area contributed by atoms with Gasteiger partial charge in [0.2, 0.25) is 11.6 Å². The highest BCUT2D eigenvalue weighted by Gasteiger charge is 2.22. The Balaban J connectivity index is 1.87. The van der Waals surface area contributed by atoms with Gasteiger partial charge in [-0.1, -0.05) is 11.2 Å². The van der Waals surface area contributed by atoms with Gasteiger partial charge in [0.1, 0.15) is 11.4 Å². The predicted octanol–water partition coefficient (Wildman–Crippen LogP) is 2.42. The van der Waals surface area contributed by atoms with Crippen LogP contribution in [0.15, 0.2) is 53.3 Å². The molecule has 7 heteroatoms. The van der Waals surface area contributed by atoms with Crippen LogP contribution in [0.4, 0.5) is 5.69 Å². The van der Waals surface area contributed by atoms with E-state index in [1.165, 1.54) is 12.0 Å². The molecule has 0 radical (unpaired) electrons. The molecule has 3 heterocycles. The Labute approximate surface area is 132 Å². The fraction of sp³-hybridized carbons (Fsp3) is 0.125. The molecule has 0 N–H and O–H groups in total. The Hall–Kier alpha value is -3.22.